The molecule has 3 nitrogen and oxygen atoms in total. The van der Waals surface area contributed by atoms with Gasteiger partial charge in [-0.05, 0) is 42.0 Å². The van der Waals surface area contributed by atoms with Crippen molar-refractivity contribution in [2.45, 2.75) is 26.4 Å². The van der Waals surface area contributed by atoms with Gasteiger partial charge in [0.1, 0.15) is 5.75 Å². The van der Waals surface area contributed by atoms with Gasteiger partial charge in [0.15, 0.2) is 0 Å². The van der Waals surface area contributed by atoms with Gasteiger partial charge in [0.05, 0.1) is 4.47 Å². The number of aromatic hydroxyl groups is 1. The number of para-hydroxylation sites is 1. The van der Waals surface area contributed by atoms with Crippen molar-refractivity contribution >= 4 is 15.9 Å². The molecule has 1 unspecified atom stereocenters. The second-order valence-electron chi connectivity index (χ2n) is 5.24. The number of phenolic OH excluding ortho intramolecular Hbond substituents is 1. The summed E-state index contributed by atoms with van der Waals surface area (Å²) in [6.07, 6.45) is 0. The Labute approximate surface area is 118 Å². The van der Waals surface area contributed by atoms with E-state index in [4.69, 9.17) is 0 Å². The summed E-state index contributed by atoms with van der Waals surface area (Å²) in [7, 11) is 4.15. The normalized spacial score (nSPS) is 13.3. The van der Waals surface area contributed by atoms with Crippen molar-refractivity contribution in [1.29, 1.82) is 0 Å². The Hall–Kier alpha value is -0.580. The van der Waals surface area contributed by atoms with Crippen LogP contribution in [0.15, 0.2) is 22.7 Å². The van der Waals surface area contributed by atoms with E-state index in [1.54, 1.807) is 0 Å². The molecule has 0 heterocycles. The lowest BCUT2D eigenvalue weighted by atomic mass is 10.0. The molecule has 0 bridgehead atoms. The molecule has 102 valence electrons. The Bertz CT molecular complexity index is 380. The molecule has 18 heavy (non-hydrogen) atoms. The van der Waals surface area contributed by atoms with Crippen LogP contribution in [0.1, 0.15) is 19.4 Å². The molecule has 0 aromatic heterocycles. The van der Waals surface area contributed by atoms with Crippen LogP contribution in [0, 0.1) is 5.92 Å². The second kappa shape index (κ2) is 7.12. The second-order valence-corrected chi connectivity index (χ2v) is 6.10. The highest BCUT2D eigenvalue weighted by Crippen LogP contribution is 2.27. The zero-order chi connectivity index (χ0) is 13.7. The zero-order valence-electron chi connectivity index (χ0n) is 11.6. The highest BCUT2D eigenvalue weighted by atomic mass is 79.9. The van der Waals surface area contributed by atoms with Crippen LogP contribution in [0.3, 0.4) is 0 Å². The zero-order valence-corrected chi connectivity index (χ0v) is 13.2. The molecule has 0 fully saturated rings. The lowest BCUT2D eigenvalue weighted by Gasteiger charge is -2.26. The first-order chi connectivity index (χ1) is 8.41. The molecule has 2 N–H and O–H groups in total. The molecule has 0 amide bonds. The highest BCUT2D eigenvalue weighted by Gasteiger charge is 2.14. The van der Waals surface area contributed by atoms with Crippen LogP contribution in [0.2, 0.25) is 0 Å². The topological polar surface area (TPSA) is 35.5 Å². The lowest BCUT2D eigenvalue weighted by Crippen LogP contribution is -2.41. The predicted molar refractivity (Wildman–Crippen MR) is 79.8 cm³/mol. The van der Waals surface area contributed by atoms with Crippen molar-refractivity contribution in [2.75, 3.05) is 20.6 Å². The number of halogens is 1. The summed E-state index contributed by atoms with van der Waals surface area (Å²) in [4.78, 5) is 2.18. The Morgan fingerprint density at radius 3 is 2.56 bits per heavy atom. The van der Waals surface area contributed by atoms with Crippen LogP contribution in [-0.2, 0) is 6.54 Å². The van der Waals surface area contributed by atoms with Crippen molar-refractivity contribution in [2.24, 2.45) is 5.92 Å². The average molecular weight is 315 g/mol. The molecule has 1 aromatic rings. The summed E-state index contributed by atoms with van der Waals surface area (Å²) in [6.45, 7) is 6.10. The number of nitrogens with zero attached hydrogens (tertiary/aromatic N) is 1. The van der Waals surface area contributed by atoms with E-state index in [0.29, 0.717) is 24.3 Å². The molecule has 0 spiro atoms. The molecule has 0 aliphatic rings. The van der Waals surface area contributed by atoms with E-state index < -0.39 is 0 Å². The van der Waals surface area contributed by atoms with Gasteiger partial charge in [0.25, 0.3) is 0 Å². The van der Waals surface area contributed by atoms with Crippen LogP contribution in [0.25, 0.3) is 0 Å². The van der Waals surface area contributed by atoms with Crippen molar-refractivity contribution in [1.82, 2.24) is 10.2 Å². The summed E-state index contributed by atoms with van der Waals surface area (Å²) in [5, 5.41) is 13.4. The maximum absolute atomic E-state index is 9.93. The maximum Gasteiger partial charge on any atom is 0.134 e. The van der Waals surface area contributed by atoms with Gasteiger partial charge >= 0.3 is 0 Å². The minimum absolute atomic E-state index is 0.331. The van der Waals surface area contributed by atoms with Crippen LogP contribution in [-0.4, -0.2) is 36.7 Å². The highest BCUT2D eigenvalue weighted by molar-refractivity contribution is 9.10. The van der Waals surface area contributed by atoms with Crippen LogP contribution < -0.4 is 5.32 Å². The van der Waals surface area contributed by atoms with E-state index in [-0.39, 0.29) is 0 Å². The standard InChI is InChI=1S/C14H23BrN2O/c1-10(2)13(9-17(3)4)16-8-11-6-5-7-12(15)14(11)18/h5-7,10,13,16,18H,8-9H2,1-4H3. The summed E-state index contributed by atoms with van der Waals surface area (Å²) in [5.74, 6) is 0.888. The number of hydrogen-bond donors (Lipinski definition) is 2. The SMILES string of the molecule is CC(C)C(CN(C)C)NCc1cccc(Br)c1O. The number of hydrogen-bond acceptors (Lipinski definition) is 3. The van der Waals surface area contributed by atoms with Gasteiger partial charge in [-0.2, -0.15) is 0 Å². The molecule has 0 radical (unpaired) electrons. The largest absolute Gasteiger partial charge is 0.506 e. The smallest absolute Gasteiger partial charge is 0.134 e. The average Bonchev–Trinajstić information content (AvgIpc) is 2.28. The summed E-state index contributed by atoms with van der Waals surface area (Å²) in [6, 6.07) is 6.15. The number of benzene rings is 1. The van der Waals surface area contributed by atoms with Crippen molar-refractivity contribution in [3.8, 4) is 5.75 Å². The van der Waals surface area contributed by atoms with Gasteiger partial charge in [-0.25, -0.2) is 0 Å². The maximum atomic E-state index is 9.93. The first-order valence-electron chi connectivity index (χ1n) is 6.26. The Kier molecular flexibility index (Phi) is 6.12. The third-order valence-corrected chi connectivity index (χ3v) is 3.63. The number of nitrogens with one attached hydrogen (secondary N) is 1. The van der Waals surface area contributed by atoms with Gasteiger partial charge in [0, 0.05) is 24.7 Å². The van der Waals surface area contributed by atoms with E-state index >= 15 is 0 Å². The molecule has 1 atom stereocenters. The Morgan fingerprint density at radius 2 is 2.00 bits per heavy atom. The quantitative estimate of drug-likeness (QED) is 0.847. The van der Waals surface area contributed by atoms with Gasteiger partial charge in [-0.15, -0.1) is 0 Å². The summed E-state index contributed by atoms with van der Waals surface area (Å²) >= 11 is 3.34. The van der Waals surface area contributed by atoms with Crippen molar-refractivity contribution in [3.63, 3.8) is 0 Å². The third kappa shape index (κ3) is 4.59. The fourth-order valence-electron chi connectivity index (χ4n) is 1.85. The molecular formula is C14H23BrN2O. The van der Waals surface area contributed by atoms with E-state index in [1.807, 2.05) is 18.2 Å². The third-order valence-electron chi connectivity index (χ3n) is 2.99. The molecule has 1 rings (SSSR count). The fourth-order valence-corrected chi connectivity index (χ4v) is 2.26. The molecular weight excluding hydrogens is 292 g/mol. The number of phenols is 1. The van der Waals surface area contributed by atoms with Crippen LogP contribution >= 0.6 is 15.9 Å². The van der Waals surface area contributed by atoms with E-state index in [0.717, 1.165) is 16.6 Å². The van der Waals surface area contributed by atoms with Crippen molar-refractivity contribution in [3.05, 3.63) is 28.2 Å². The lowest BCUT2D eigenvalue weighted by molar-refractivity contribution is 0.287. The Balaban J connectivity index is 2.64. The molecule has 1 aromatic carbocycles. The molecule has 0 aliphatic carbocycles. The number of rotatable bonds is 6. The molecule has 4 heteroatoms. The van der Waals surface area contributed by atoms with Gasteiger partial charge in [-0.1, -0.05) is 26.0 Å². The summed E-state index contributed by atoms with van der Waals surface area (Å²) in [5.41, 5.74) is 0.925. The first kappa shape index (κ1) is 15.5. The van der Waals surface area contributed by atoms with Gasteiger partial charge < -0.3 is 15.3 Å². The molecule has 0 aliphatic heterocycles. The predicted octanol–water partition coefficient (Wildman–Crippen LogP) is 2.83. The monoisotopic (exact) mass is 314 g/mol. The fraction of sp³-hybridized carbons (Fsp3) is 0.571. The summed E-state index contributed by atoms with van der Waals surface area (Å²) < 4.78 is 0.746. The Morgan fingerprint density at radius 1 is 1.33 bits per heavy atom. The number of likely N-dealkylation sites (N-methyl/N-ethyl adjacent to an activating group) is 1. The van der Waals surface area contributed by atoms with Crippen LogP contribution in [0.4, 0.5) is 0 Å². The van der Waals surface area contributed by atoms with Crippen LogP contribution in [0.5, 0.6) is 5.75 Å². The molecule has 0 saturated carbocycles. The minimum Gasteiger partial charge on any atom is -0.506 e. The first-order valence-corrected chi connectivity index (χ1v) is 7.05. The molecule has 0 saturated heterocycles. The van der Waals surface area contributed by atoms with E-state index in [1.165, 1.54) is 0 Å². The van der Waals surface area contributed by atoms with Gasteiger partial charge in [-0.3, -0.25) is 0 Å². The van der Waals surface area contributed by atoms with Gasteiger partial charge in [0.2, 0.25) is 0 Å². The van der Waals surface area contributed by atoms with Crippen molar-refractivity contribution < 1.29 is 5.11 Å². The van der Waals surface area contributed by atoms with E-state index in [9.17, 15) is 5.11 Å². The minimum atomic E-state index is 0.331. The van der Waals surface area contributed by atoms with E-state index in [2.05, 4.69) is 54.1 Å².